The first-order valence-electron chi connectivity index (χ1n) is 8.14. The zero-order valence-electron chi connectivity index (χ0n) is 13.6. The summed E-state index contributed by atoms with van der Waals surface area (Å²) in [5.74, 6) is 1.47. The Morgan fingerprint density at radius 1 is 1.35 bits per heavy atom. The summed E-state index contributed by atoms with van der Waals surface area (Å²) in [6, 6.07) is 0.295. The van der Waals surface area contributed by atoms with Gasteiger partial charge in [-0.1, -0.05) is 6.42 Å². The fourth-order valence-electron chi connectivity index (χ4n) is 2.95. The molecule has 6 nitrogen and oxygen atoms in total. The lowest BCUT2D eigenvalue weighted by atomic mass is 10.1. The highest BCUT2D eigenvalue weighted by molar-refractivity contribution is 8.14. The molecule has 1 amide bonds. The molecule has 1 N–H and O–H groups in total. The van der Waals surface area contributed by atoms with Crippen molar-refractivity contribution in [3.05, 3.63) is 17.2 Å². The van der Waals surface area contributed by atoms with Gasteiger partial charge in [0, 0.05) is 12.3 Å². The Bertz CT molecular complexity index is 665. The quantitative estimate of drug-likeness (QED) is 0.911. The number of ketones is 1. The second kappa shape index (κ2) is 6.86. The average Bonchev–Trinajstić information content (AvgIpc) is 3.00. The van der Waals surface area contributed by atoms with Crippen LogP contribution in [0.1, 0.15) is 55.1 Å². The molecule has 0 aliphatic carbocycles. The molecule has 0 aromatic carbocycles. The van der Waals surface area contributed by atoms with Crippen LogP contribution in [0.15, 0.2) is 4.99 Å². The highest BCUT2D eigenvalue weighted by Crippen LogP contribution is 2.27. The SMILES string of the molecule is CC(=O)CNC(=O)c1nc(C2=NC(C)CS2)n2c1CCCCC2. The van der Waals surface area contributed by atoms with Crippen LogP contribution in [-0.4, -0.2) is 44.6 Å². The van der Waals surface area contributed by atoms with E-state index in [4.69, 9.17) is 0 Å². The third-order valence-corrected chi connectivity index (χ3v) is 5.28. The number of carbonyl (C=O) groups is 2. The fourth-order valence-corrected chi connectivity index (χ4v) is 3.96. The van der Waals surface area contributed by atoms with E-state index < -0.39 is 0 Å². The Labute approximate surface area is 140 Å². The molecule has 7 heteroatoms. The summed E-state index contributed by atoms with van der Waals surface area (Å²) in [4.78, 5) is 32.8. The number of hydrogen-bond acceptors (Lipinski definition) is 5. The van der Waals surface area contributed by atoms with E-state index in [1.165, 1.54) is 6.92 Å². The van der Waals surface area contributed by atoms with Gasteiger partial charge >= 0.3 is 0 Å². The molecular formula is C16H22N4O2S. The lowest BCUT2D eigenvalue weighted by Gasteiger charge is -2.08. The second-order valence-electron chi connectivity index (χ2n) is 6.17. The molecule has 3 heterocycles. The van der Waals surface area contributed by atoms with E-state index >= 15 is 0 Å². The number of imidazole rings is 1. The summed E-state index contributed by atoms with van der Waals surface area (Å²) in [5.41, 5.74) is 1.45. The Kier molecular flexibility index (Phi) is 4.84. The van der Waals surface area contributed by atoms with Crippen LogP contribution in [-0.2, 0) is 17.8 Å². The number of nitrogens with one attached hydrogen (secondary N) is 1. The Morgan fingerprint density at radius 3 is 2.87 bits per heavy atom. The van der Waals surface area contributed by atoms with Gasteiger partial charge in [-0.2, -0.15) is 0 Å². The molecule has 0 saturated carbocycles. The molecule has 0 bridgehead atoms. The summed E-state index contributed by atoms with van der Waals surface area (Å²) in [7, 11) is 0. The van der Waals surface area contributed by atoms with Crippen LogP contribution in [0.25, 0.3) is 0 Å². The van der Waals surface area contributed by atoms with Crippen LogP contribution >= 0.6 is 11.8 Å². The van der Waals surface area contributed by atoms with Gasteiger partial charge in [0.05, 0.1) is 18.3 Å². The Morgan fingerprint density at radius 2 is 2.17 bits per heavy atom. The van der Waals surface area contributed by atoms with E-state index in [0.717, 1.165) is 54.5 Å². The molecule has 0 radical (unpaired) electrons. The van der Waals surface area contributed by atoms with Crippen LogP contribution in [0.5, 0.6) is 0 Å². The van der Waals surface area contributed by atoms with Crippen molar-refractivity contribution >= 4 is 28.5 Å². The van der Waals surface area contributed by atoms with Crippen molar-refractivity contribution in [3.63, 3.8) is 0 Å². The van der Waals surface area contributed by atoms with Gasteiger partial charge in [0.25, 0.3) is 5.91 Å². The third-order valence-electron chi connectivity index (χ3n) is 4.07. The van der Waals surface area contributed by atoms with Crippen molar-refractivity contribution in [2.45, 2.75) is 52.1 Å². The van der Waals surface area contributed by atoms with Crippen molar-refractivity contribution in [1.82, 2.24) is 14.9 Å². The minimum Gasteiger partial charge on any atom is -0.344 e. The number of rotatable bonds is 4. The molecule has 1 unspecified atom stereocenters. The number of hydrogen-bond donors (Lipinski definition) is 1. The number of aromatic nitrogens is 2. The van der Waals surface area contributed by atoms with Crippen molar-refractivity contribution in [2.75, 3.05) is 12.3 Å². The molecule has 23 heavy (non-hydrogen) atoms. The van der Waals surface area contributed by atoms with Gasteiger partial charge in [0.1, 0.15) is 16.5 Å². The average molecular weight is 334 g/mol. The molecule has 0 saturated heterocycles. The molecule has 3 rings (SSSR count). The van der Waals surface area contributed by atoms with Crippen LogP contribution in [0.3, 0.4) is 0 Å². The molecule has 2 aliphatic heterocycles. The van der Waals surface area contributed by atoms with Crippen molar-refractivity contribution in [1.29, 1.82) is 0 Å². The minimum atomic E-state index is -0.256. The topological polar surface area (TPSA) is 76.3 Å². The predicted molar refractivity (Wildman–Crippen MR) is 91.3 cm³/mol. The minimum absolute atomic E-state index is 0.0488. The zero-order chi connectivity index (χ0) is 16.4. The van der Waals surface area contributed by atoms with E-state index in [1.807, 2.05) is 0 Å². The van der Waals surface area contributed by atoms with Crippen LogP contribution < -0.4 is 5.32 Å². The highest BCUT2D eigenvalue weighted by Gasteiger charge is 2.28. The lowest BCUT2D eigenvalue weighted by molar-refractivity contribution is -0.116. The number of Topliss-reactive ketones (excluding diaryl/α,β-unsaturated/α-hetero) is 1. The van der Waals surface area contributed by atoms with Crippen LogP contribution in [0, 0.1) is 0 Å². The molecule has 0 fully saturated rings. The summed E-state index contributed by atoms with van der Waals surface area (Å²) in [6.45, 7) is 4.48. The summed E-state index contributed by atoms with van der Waals surface area (Å²) < 4.78 is 2.17. The van der Waals surface area contributed by atoms with E-state index in [9.17, 15) is 9.59 Å². The van der Waals surface area contributed by atoms with Crippen LogP contribution in [0.2, 0.25) is 0 Å². The van der Waals surface area contributed by atoms with Crippen molar-refractivity contribution in [2.24, 2.45) is 4.99 Å². The first kappa shape index (κ1) is 16.2. The number of carbonyl (C=O) groups excluding carboxylic acids is 2. The van der Waals surface area contributed by atoms with Gasteiger partial charge in [-0.3, -0.25) is 14.6 Å². The summed E-state index contributed by atoms with van der Waals surface area (Å²) >= 11 is 1.71. The molecule has 0 spiro atoms. The Hall–Kier alpha value is -1.63. The van der Waals surface area contributed by atoms with Crippen LogP contribution in [0.4, 0.5) is 0 Å². The van der Waals surface area contributed by atoms with E-state index in [-0.39, 0.29) is 18.2 Å². The highest BCUT2D eigenvalue weighted by atomic mass is 32.2. The van der Waals surface area contributed by atoms with E-state index in [2.05, 4.69) is 26.8 Å². The molecule has 1 aromatic rings. The number of amides is 1. The molecule has 1 aromatic heterocycles. The van der Waals surface area contributed by atoms with Crippen molar-refractivity contribution in [3.8, 4) is 0 Å². The van der Waals surface area contributed by atoms with Gasteiger partial charge < -0.3 is 9.88 Å². The number of nitrogens with zero attached hydrogens (tertiary/aromatic N) is 3. The smallest absolute Gasteiger partial charge is 0.272 e. The first-order valence-corrected chi connectivity index (χ1v) is 9.13. The van der Waals surface area contributed by atoms with E-state index in [0.29, 0.717) is 11.7 Å². The standard InChI is InChI=1S/C16H22N4O2S/c1-10-9-23-16(18-10)14-19-13(15(22)17-8-11(2)21)12-6-4-3-5-7-20(12)14/h10H,3-9H2,1-2H3,(H,17,22). The zero-order valence-corrected chi connectivity index (χ0v) is 14.4. The number of aliphatic imine (C=N–C) groups is 1. The number of fused-ring (bicyclic) bond motifs is 1. The fraction of sp³-hybridized carbons (Fsp3) is 0.625. The van der Waals surface area contributed by atoms with E-state index in [1.54, 1.807) is 11.8 Å². The largest absolute Gasteiger partial charge is 0.344 e. The maximum absolute atomic E-state index is 12.4. The molecule has 124 valence electrons. The molecule has 2 aliphatic rings. The van der Waals surface area contributed by atoms with Gasteiger partial charge in [-0.15, -0.1) is 11.8 Å². The lowest BCUT2D eigenvalue weighted by Crippen LogP contribution is -2.29. The van der Waals surface area contributed by atoms with Gasteiger partial charge in [0.2, 0.25) is 0 Å². The predicted octanol–water partition coefficient (Wildman–Crippen LogP) is 1.81. The molecular weight excluding hydrogens is 312 g/mol. The monoisotopic (exact) mass is 334 g/mol. The maximum atomic E-state index is 12.4. The van der Waals surface area contributed by atoms with Gasteiger partial charge in [-0.25, -0.2) is 4.98 Å². The first-order chi connectivity index (χ1) is 11.1. The second-order valence-corrected chi connectivity index (χ2v) is 7.18. The van der Waals surface area contributed by atoms with Gasteiger partial charge in [-0.05, 0) is 33.1 Å². The van der Waals surface area contributed by atoms with Gasteiger partial charge in [0.15, 0.2) is 5.82 Å². The van der Waals surface area contributed by atoms with Crippen molar-refractivity contribution < 1.29 is 9.59 Å². The third kappa shape index (κ3) is 3.49. The Balaban J connectivity index is 1.96. The maximum Gasteiger partial charge on any atom is 0.272 e. The normalized spacial score (nSPS) is 20.6. The number of thioether (sulfide) groups is 1. The summed E-state index contributed by atoms with van der Waals surface area (Å²) in [6.07, 6.45) is 4.17. The molecule has 1 atom stereocenters. The summed E-state index contributed by atoms with van der Waals surface area (Å²) in [5, 5.41) is 3.61.